The van der Waals surface area contributed by atoms with Gasteiger partial charge in [-0.3, -0.25) is 4.79 Å². The number of amides is 1. The largest absolute Gasteiger partial charge is 0.450 e. The third kappa shape index (κ3) is 4.71. The van der Waals surface area contributed by atoms with Crippen molar-refractivity contribution < 1.29 is 18.7 Å². The second kappa shape index (κ2) is 9.08. The van der Waals surface area contributed by atoms with E-state index in [1.807, 2.05) is 55.6 Å². The molecule has 0 saturated carbocycles. The summed E-state index contributed by atoms with van der Waals surface area (Å²) in [4.78, 5) is 26.3. The molecule has 0 spiro atoms. The third-order valence-electron chi connectivity index (χ3n) is 4.55. The van der Waals surface area contributed by atoms with Gasteiger partial charge in [0.25, 0.3) is 5.91 Å². The fourth-order valence-electron chi connectivity index (χ4n) is 2.97. The van der Waals surface area contributed by atoms with Gasteiger partial charge in [-0.05, 0) is 31.5 Å². The predicted octanol–water partition coefficient (Wildman–Crippen LogP) is 3.54. The quantitative estimate of drug-likeness (QED) is 0.478. The number of fused-ring (bicyclic) bond motifs is 1. The molecule has 1 amide bonds. The highest BCUT2D eigenvalue weighted by Gasteiger charge is 2.19. The molecule has 6 nitrogen and oxygen atoms in total. The SMILES string of the molecule is Cc1c(C(=O)OCC(=O)NCCCN(C)c2ccccc2)oc2ccccc12. The van der Waals surface area contributed by atoms with Crippen molar-refractivity contribution >= 4 is 28.5 Å². The molecule has 3 aromatic rings. The van der Waals surface area contributed by atoms with Crippen molar-refractivity contribution in [2.24, 2.45) is 0 Å². The smallest absolute Gasteiger partial charge is 0.375 e. The molecule has 1 aromatic heterocycles. The van der Waals surface area contributed by atoms with Crippen LogP contribution in [0.3, 0.4) is 0 Å². The van der Waals surface area contributed by atoms with Gasteiger partial charge in [-0.25, -0.2) is 4.79 Å². The van der Waals surface area contributed by atoms with Crippen molar-refractivity contribution in [1.82, 2.24) is 5.32 Å². The highest BCUT2D eigenvalue weighted by atomic mass is 16.5. The molecule has 0 bridgehead atoms. The first-order chi connectivity index (χ1) is 13.6. The number of rotatable bonds is 8. The molecule has 0 aliphatic rings. The molecule has 1 N–H and O–H groups in total. The number of aryl methyl sites for hydroxylation is 1. The van der Waals surface area contributed by atoms with Crippen molar-refractivity contribution in [3.63, 3.8) is 0 Å². The molecule has 0 aliphatic carbocycles. The third-order valence-corrected chi connectivity index (χ3v) is 4.55. The number of nitrogens with one attached hydrogen (secondary N) is 1. The van der Waals surface area contributed by atoms with E-state index in [-0.39, 0.29) is 18.3 Å². The minimum Gasteiger partial charge on any atom is -0.450 e. The van der Waals surface area contributed by atoms with Gasteiger partial charge in [0.05, 0.1) is 0 Å². The lowest BCUT2D eigenvalue weighted by Crippen LogP contribution is -2.31. The van der Waals surface area contributed by atoms with E-state index in [9.17, 15) is 9.59 Å². The summed E-state index contributed by atoms with van der Waals surface area (Å²) in [5.41, 5.74) is 2.47. The van der Waals surface area contributed by atoms with Gasteiger partial charge in [0.1, 0.15) is 5.58 Å². The number of esters is 1. The van der Waals surface area contributed by atoms with Crippen LogP contribution in [0.4, 0.5) is 5.69 Å². The lowest BCUT2D eigenvalue weighted by atomic mass is 10.1. The Morgan fingerprint density at radius 2 is 1.79 bits per heavy atom. The van der Waals surface area contributed by atoms with Gasteiger partial charge in [-0.15, -0.1) is 0 Å². The Morgan fingerprint density at radius 3 is 2.54 bits per heavy atom. The van der Waals surface area contributed by atoms with E-state index < -0.39 is 5.97 Å². The summed E-state index contributed by atoms with van der Waals surface area (Å²) in [6.45, 7) is 2.79. The van der Waals surface area contributed by atoms with E-state index >= 15 is 0 Å². The Morgan fingerprint density at radius 1 is 1.07 bits per heavy atom. The number of hydrogen-bond acceptors (Lipinski definition) is 5. The summed E-state index contributed by atoms with van der Waals surface area (Å²) in [6, 6.07) is 17.4. The maximum atomic E-state index is 12.2. The van der Waals surface area contributed by atoms with Gasteiger partial charge in [0.2, 0.25) is 5.76 Å². The first-order valence-electron chi connectivity index (χ1n) is 9.24. The second-order valence-electron chi connectivity index (χ2n) is 6.59. The van der Waals surface area contributed by atoms with Crippen LogP contribution in [0.2, 0.25) is 0 Å². The number of carbonyl (C=O) groups is 2. The minimum atomic E-state index is -0.632. The molecule has 1 heterocycles. The van der Waals surface area contributed by atoms with Crippen LogP contribution in [-0.4, -0.2) is 38.6 Å². The molecule has 0 unspecified atom stereocenters. The lowest BCUT2D eigenvalue weighted by molar-refractivity contribution is -0.124. The van der Waals surface area contributed by atoms with E-state index in [4.69, 9.17) is 9.15 Å². The van der Waals surface area contributed by atoms with Gasteiger partial charge in [0, 0.05) is 36.8 Å². The Labute approximate surface area is 164 Å². The van der Waals surface area contributed by atoms with Crippen LogP contribution in [-0.2, 0) is 9.53 Å². The number of nitrogens with zero attached hydrogens (tertiary/aromatic N) is 1. The summed E-state index contributed by atoms with van der Waals surface area (Å²) >= 11 is 0. The van der Waals surface area contributed by atoms with Crippen molar-refractivity contribution in [3.05, 3.63) is 65.9 Å². The van der Waals surface area contributed by atoms with Crippen LogP contribution < -0.4 is 10.2 Å². The monoisotopic (exact) mass is 380 g/mol. The van der Waals surface area contributed by atoms with E-state index in [1.165, 1.54) is 0 Å². The normalized spacial score (nSPS) is 10.6. The fourth-order valence-corrected chi connectivity index (χ4v) is 2.97. The molecular formula is C22H24N2O4. The molecule has 28 heavy (non-hydrogen) atoms. The van der Waals surface area contributed by atoms with Gasteiger partial charge in [-0.2, -0.15) is 0 Å². The van der Waals surface area contributed by atoms with Crippen LogP contribution in [0.1, 0.15) is 22.5 Å². The van der Waals surface area contributed by atoms with Crippen LogP contribution >= 0.6 is 0 Å². The summed E-state index contributed by atoms with van der Waals surface area (Å²) in [7, 11) is 2.01. The number of para-hydroxylation sites is 2. The zero-order valence-electron chi connectivity index (χ0n) is 16.1. The predicted molar refractivity (Wildman–Crippen MR) is 109 cm³/mol. The summed E-state index contributed by atoms with van der Waals surface area (Å²) in [5.74, 6) is -0.823. The number of benzene rings is 2. The Bertz CT molecular complexity index is 950. The fraction of sp³-hybridized carbons (Fsp3) is 0.273. The standard InChI is InChI=1S/C22H24N2O4/c1-16-18-11-6-7-12-19(18)28-21(16)22(26)27-15-20(25)23-13-8-14-24(2)17-9-4-3-5-10-17/h3-7,9-12H,8,13-15H2,1-2H3,(H,23,25). The first-order valence-corrected chi connectivity index (χ1v) is 9.24. The second-order valence-corrected chi connectivity index (χ2v) is 6.59. The molecule has 2 aromatic carbocycles. The van der Waals surface area contributed by atoms with Crippen LogP contribution in [0, 0.1) is 6.92 Å². The lowest BCUT2D eigenvalue weighted by Gasteiger charge is -2.19. The van der Waals surface area contributed by atoms with E-state index in [2.05, 4.69) is 10.2 Å². The maximum absolute atomic E-state index is 12.2. The number of carbonyl (C=O) groups excluding carboxylic acids is 2. The van der Waals surface area contributed by atoms with Crippen LogP contribution in [0.15, 0.2) is 59.0 Å². The summed E-state index contributed by atoms with van der Waals surface area (Å²) in [5, 5.41) is 3.63. The highest BCUT2D eigenvalue weighted by Crippen LogP contribution is 2.25. The number of anilines is 1. The first kappa shape index (κ1) is 19.5. The summed E-state index contributed by atoms with van der Waals surface area (Å²) < 4.78 is 10.6. The molecule has 0 saturated heterocycles. The molecule has 0 aliphatic heterocycles. The molecule has 3 rings (SSSR count). The average Bonchev–Trinajstić information content (AvgIpc) is 3.07. The highest BCUT2D eigenvalue weighted by molar-refractivity contribution is 5.96. The Hall–Kier alpha value is -3.28. The number of furan rings is 1. The number of hydrogen-bond donors (Lipinski definition) is 1. The van der Waals surface area contributed by atoms with Gasteiger partial charge >= 0.3 is 5.97 Å². The maximum Gasteiger partial charge on any atom is 0.375 e. The molecule has 6 heteroatoms. The minimum absolute atomic E-state index is 0.137. The molecule has 0 atom stereocenters. The molecule has 146 valence electrons. The van der Waals surface area contributed by atoms with Crippen molar-refractivity contribution in [2.75, 3.05) is 31.6 Å². The van der Waals surface area contributed by atoms with Crippen LogP contribution in [0.25, 0.3) is 11.0 Å². The van der Waals surface area contributed by atoms with Crippen molar-refractivity contribution in [1.29, 1.82) is 0 Å². The van der Waals surface area contributed by atoms with Gasteiger partial charge in [0.15, 0.2) is 6.61 Å². The molecular weight excluding hydrogens is 356 g/mol. The van der Waals surface area contributed by atoms with E-state index in [1.54, 1.807) is 13.0 Å². The Balaban J connectivity index is 1.40. The topological polar surface area (TPSA) is 71.8 Å². The Kier molecular flexibility index (Phi) is 6.32. The molecule has 0 fully saturated rings. The zero-order valence-corrected chi connectivity index (χ0v) is 16.1. The van der Waals surface area contributed by atoms with Crippen molar-refractivity contribution in [2.45, 2.75) is 13.3 Å². The number of ether oxygens (including phenoxy) is 1. The van der Waals surface area contributed by atoms with Gasteiger partial charge in [-0.1, -0.05) is 36.4 Å². The molecule has 0 radical (unpaired) electrons. The summed E-state index contributed by atoms with van der Waals surface area (Å²) in [6.07, 6.45) is 0.785. The van der Waals surface area contributed by atoms with Gasteiger partial charge < -0.3 is 19.4 Å². The zero-order chi connectivity index (χ0) is 19.9. The van der Waals surface area contributed by atoms with Crippen LogP contribution in [0.5, 0.6) is 0 Å². The van der Waals surface area contributed by atoms with E-state index in [0.717, 1.165) is 24.0 Å². The van der Waals surface area contributed by atoms with Crippen molar-refractivity contribution in [3.8, 4) is 0 Å². The van der Waals surface area contributed by atoms with E-state index in [0.29, 0.717) is 17.7 Å². The average molecular weight is 380 g/mol.